The first-order valence-corrected chi connectivity index (χ1v) is 7.01. The van der Waals surface area contributed by atoms with Crippen LogP contribution in [-0.2, 0) is 13.6 Å². The molecule has 0 bridgehead atoms. The summed E-state index contributed by atoms with van der Waals surface area (Å²) in [5.41, 5.74) is 4.71. The summed E-state index contributed by atoms with van der Waals surface area (Å²) in [7, 11) is 1.94. The predicted octanol–water partition coefficient (Wildman–Crippen LogP) is 2.33. The van der Waals surface area contributed by atoms with Crippen LogP contribution in [0.1, 0.15) is 31.0 Å². The van der Waals surface area contributed by atoms with E-state index in [9.17, 15) is 4.79 Å². The van der Waals surface area contributed by atoms with Gasteiger partial charge in [0.2, 0.25) is 0 Å². The summed E-state index contributed by atoms with van der Waals surface area (Å²) in [6.07, 6.45) is 2.04. The van der Waals surface area contributed by atoms with E-state index in [1.807, 2.05) is 36.1 Å². The number of H-pyrrole nitrogens is 2. The SMILES string of the molecule is CC(C)c1nn(C)cc1CNc1ccc2[nH]c(=O)[nH]c2c1. The van der Waals surface area contributed by atoms with E-state index in [2.05, 4.69) is 34.2 Å². The molecular weight excluding hydrogens is 266 g/mol. The number of anilines is 1. The van der Waals surface area contributed by atoms with Crippen molar-refractivity contribution in [1.82, 2.24) is 19.7 Å². The molecule has 0 saturated heterocycles. The average Bonchev–Trinajstić information content (AvgIpc) is 2.97. The zero-order chi connectivity index (χ0) is 15.0. The maximum Gasteiger partial charge on any atom is 0.323 e. The van der Waals surface area contributed by atoms with Crippen LogP contribution < -0.4 is 11.0 Å². The van der Waals surface area contributed by atoms with Crippen molar-refractivity contribution in [3.8, 4) is 0 Å². The number of benzene rings is 1. The number of aromatic amines is 2. The minimum absolute atomic E-state index is 0.184. The van der Waals surface area contributed by atoms with Crippen molar-refractivity contribution in [2.75, 3.05) is 5.32 Å². The summed E-state index contributed by atoms with van der Waals surface area (Å²) >= 11 is 0. The summed E-state index contributed by atoms with van der Waals surface area (Å²) in [5.74, 6) is 0.395. The van der Waals surface area contributed by atoms with Crippen LogP contribution in [0.25, 0.3) is 11.0 Å². The summed E-state index contributed by atoms with van der Waals surface area (Å²) in [5, 5.41) is 7.88. The van der Waals surface area contributed by atoms with Crippen LogP contribution in [0.15, 0.2) is 29.2 Å². The molecule has 0 fully saturated rings. The normalized spacial score (nSPS) is 11.4. The van der Waals surface area contributed by atoms with Crippen molar-refractivity contribution < 1.29 is 0 Å². The van der Waals surface area contributed by atoms with Crippen molar-refractivity contribution in [3.05, 3.63) is 46.1 Å². The maximum absolute atomic E-state index is 11.3. The standard InChI is InChI=1S/C15H19N5O/c1-9(2)14-10(8-20(3)19-14)7-16-11-4-5-12-13(6-11)18-15(21)17-12/h4-6,8-9,16H,7H2,1-3H3,(H2,17,18,21). The Morgan fingerprint density at radius 1 is 1.29 bits per heavy atom. The molecule has 2 heterocycles. The fourth-order valence-corrected chi connectivity index (χ4v) is 2.52. The third-order valence-corrected chi connectivity index (χ3v) is 3.48. The molecule has 0 aliphatic rings. The monoisotopic (exact) mass is 285 g/mol. The Balaban J connectivity index is 1.81. The van der Waals surface area contributed by atoms with Gasteiger partial charge in [0.05, 0.1) is 16.7 Å². The number of hydrogen-bond acceptors (Lipinski definition) is 3. The number of aromatic nitrogens is 4. The Morgan fingerprint density at radius 2 is 2.05 bits per heavy atom. The molecule has 0 radical (unpaired) electrons. The molecule has 0 atom stereocenters. The number of nitrogens with one attached hydrogen (secondary N) is 3. The van der Waals surface area contributed by atoms with E-state index in [-0.39, 0.29) is 5.69 Å². The molecule has 0 amide bonds. The van der Waals surface area contributed by atoms with Crippen LogP contribution in [0.5, 0.6) is 0 Å². The molecule has 0 aliphatic carbocycles. The van der Waals surface area contributed by atoms with Crippen LogP contribution in [0.2, 0.25) is 0 Å². The van der Waals surface area contributed by atoms with E-state index in [0.29, 0.717) is 12.5 Å². The Labute approximate surface area is 122 Å². The molecule has 110 valence electrons. The Morgan fingerprint density at radius 3 is 2.81 bits per heavy atom. The molecule has 1 aromatic carbocycles. The minimum Gasteiger partial charge on any atom is -0.381 e. The third-order valence-electron chi connectivity index (χ3n) is 3.48. The Kier molecular flexibility index (Phi) is 3.29. The van der Waals surface area contributed by atoms with Gasteiger partial charge in [-0.05, 0) is 24.1 Å². The number of hydrogen-bond donors (Lipinski definition) is 3. The van der Waals surface area contributed by atoms with Crippen LogP contribution in [-0.4, -0.2) is 19.7 Å². The minimum atomic E-state index is -0.184. The fourth-order valence-electron chi connectivity index (χ4n) is 2.52. The van der Waals surface area contributed by atoms with Gasteiger partial charge >= 0.3 is 5.69 Å². The lowest BCUT2D eigenvalue weighted by Gasteiger charge is -2.08. The van der Waals surface area contributed by atoms with Crippen LogP contribution in [0, 0.1) is 0 Å². The summed E-state index contributed by atoms with van der Waals surface area (Å²) in [6.45, 7) is 4.99. The van der Waals surface area contributed by atoms with E-state index in [4.69, 9.17) is 0 Å². The molecule has 0 saturated carbocycles. The molecule has 3 aromatic rings. The molecule has 21 heavy (non-hydrogen) atoms. The third kappa shape index (κ3) is 2.69. The van der Waals surface area contributed by atoms with Gasteiger partial charge in [0.25, 0.3) is 0 Å². The highest BCUT2D eigenvalue weighted by atomic mass is 16.1. The van der Waals surface area contributed by atoms with Crippen molar-refractivity contribution in [2.24, 2.45) is 7.05 Å². The highest BCUT2D eigenvalue weighted by Gasteiger charge is 2.11. The molecule has 2 aromatic heterocycles. The van der Waals surface area contributed by atoms with Gasteiger partial charge in [-0.1, -0.05) is 13.8 Å². The van der Waals surface area contributed by atoms with Gasteiger partial charge in [0.15, 0.2) is 0 Å². The van der Waals surface area contributed by atoms with Crippen molar-refractivity contribution in [1.29, 1.82) is 0 Å². The smallest absolute Gasteiger partial charge is 0.323 e. The first-order chi connectivity index (χ1) is 10.0. The zero-order valence-corrected chi connectivity index (χ0v) is 12.4. The van der Waals surface area contributed by atoms with Crippen LogP contribution >= 0.6 is 0 Å². The number of aryl methyl sites for hydroxylation is 1. The average molecular weight is 285 g/mol. The van der Waals surface area contributed by atoms with Crippen LogP contribution in [0.3, 0.4) is 0 Å². The van der Waals surface area contributed by atoms with E-state index >= 15 is 0 Å². The number of fused-ring (bicyclic) bond motifs is 1. The van der Waals surface area contributed by atoms with Gasteiger partial charge in [0, 0.05) is 31.0 Å². The second-order valence-corrected chi connectivity index (χ2v) is 5.56. The molecule has 3 N–H and O–H groups in total. The van der Waals surface area contributed by atoms with E-state index < -0.39 is 0 Å². The largest absolute Gasteiger partial charge is 0.381 e. The zero-order valence-electron chi connectivity index (χ0n) is 12.4. The van der Waals surface area contributed by atoms with Crippen molar-refractivity contribution >= 4 is 16.7 Å². The van der Waals surface area contributed by atoms with Crippen molar-refractivity contribution in [2.45, 2.75) is 26.3 Å². The lowest BCUT2D eigenvalue weighted by Crippen LogP contribution is -2.02. The summed E-state index contributed by atoms with van der Waals surface area (Å²) in [4.78, 5) is 16.8. The lowest BCUT2D eigenvalue weighted by molar-refractivity contribution is 0.712. The highest BCUT2D eigenvalue weighted by molar-refractivity contribution is 5.78. The Hall–Kier alpha value is -2.50. The summed E-state index contributed by atoms with van der Waals surface area (Å²) < 4.78 is 1.85. The first kappa shape index (κ1) is 13.5. The van der Waals surface area contributed by atoms with E-state index in [1.165, 1.54) is 5.56 Å². The molecule has 3 rings (SSSR count). The van der Waals surface area contributed by atoms with E-state index in [0.717, 1.165) is 22.4 Å². The topological polar surface area (TPSA) is 78.5 Å². The van der Waals surface area contributed by atoms with Crippen LogP contribution in [0.4, 0.5) is 5.69 Å². The molecule has 0 spiro atoms. The van der Waals surface area contributed by atoms with Crippen molar-refractivity contribution in [3.63, 3.8) is 0 Å². The summed E-state index contributed by atoms with van der Waals surface area (Å²) in [6, 6.07) is 5.78. The highest BCUT2D eigenvalue weighted by Crippen LogP contribution is 2.20. The van der Waals surface area contributed by atoms with Gasteiger partial charge in [-0.3, -0.25) is 4.68 Å². The van der Waals surface area contributed by atoms with E-state index in [1.54, 1.807) is 0 Å². The van der Waals surface area contributed by atoms with Gasteiger partial charge in [-0.2, -0.15) is 5.10 Å². The van der Waals surface area contributed by atoms with Gasteiger partial charge < -0.3 is 15.3 Å². The molecule has 0 unspecified atom stereocenters. The first-order valence-electron chi connectivity index (χ1n) is 7.01. The quantitative estimate of drug-likeness (QED) is 0.688. The molecule has 6 heteroatoms. The Bertz CT molecular complexity index is 824. The molecule has 0 aliphatic heterocycles. The lowest BCUT2D eigenvalue weighted by atomic mass is 10.1. The van der Waals surface area contributed by atoms with Gasteiger partial charge in [-0.15, -0.1) is 0 Å². The van der Waals surface area contributed by atoms with Gasteiger partial charge in [0.1, 0.15) is 0 Å². The molecule has 6 nitrogen and oxygen atoms in total. The second-order valence-electron chi connectivity index (χ2n) is 5.56. The second kappa shape index (κ2) is 5.12. The fraction of sp³-hybridized carbons (Fsp3) is 0.333. The molecular formula is C15H19N5O. The number of nitrogens with zero attached hydrogens (tertiary/aromatic N) is 2. The maximum atomic E-state index is 11.3. The number of imidazole rings is 1. The predicted molar refractivity (Wildman–Crippen MR) is 83.5 cm³/mol. The van der Waals surface area contributed by atoms with Gasteiger partial charge in [-0.25, -0.2) is 4.79 Å². The number of rotatable bonds is 4.